The average Bonchev–Trinajstić information content (AvgIpc) is 3.58. The molecule has 0 fully saturated rings. The van der Waals surface area contributed by atoms with E-state index in [4.69, 9.17) is 4.42 Å². The first kappa shape index (κ1) is 29.9. The number of hydrogen-bond acceptors (Lipinski definition) is 3. The summed E-state index contributed by atoms with van der Waals surface area (Å²) in [5.74, 6) is 0. The van der Waals surface area contributed by atoms with Crippen LogP contribution in [0.3, 0.4) is 0 Å². The summed E-state index contributed by atoms with van der Waals surface area (Å²) < 4.78 is 6.54. The standard InChI is InChI=1S/C49H32N2O/c1-2-11-33(12-3-1)34-24-26-35(27-25-34)37-15-6-18-40(29-37)51(41-19-7-16-38(30-41)43-21-8-14-36-13-4-5-20-42(36)43)46-22-9-23-47-49(46)44-31-39-17-10-28-50-45(39)32-48(44)52-47/h1-32H. The molecule has 52 heavy (non-hydrogen) atoms. The maximum atomic E-state index is 6.54. The second kappa shape index (κ2) is 12.4. The van der Waals surface area contributed by atoms with Gasteiger partial charge in [-0.05, 0) is 92.7 Å². The topological polar surface area (TPSA) is 29.3 Å². The van der Waals surface area contributed by atoms with Crippen LogP contribution in [0.4, 0.5) is 17.1 Å². The van der Waals surface area contributed by atoms with E-state index in [-0.39, 0.29) is 0 Å². The first-order chi connectivity index (χ1) is 25.8. The Morgan fingerprint density at radius 2 is 1.04 bits per heavy atom. The van der Waals surface area contributed by atoms with Crippen molar-refractivity contribution in [2.45, 2.75) is 0 Å². The molecule has 0 spiro atoms. The Kier molecular flexibility index (Phi) is 7.14. The third kappa shape index (κ3) is 5.19. The summed E-state index contributed by atoms with van der Waals surface area (Å²) in [5.41, 5.74) is 12.8. The number of nitrogens with zero attached hydrogens (tertiary/aromatic N) is 2. The lowest BCUT2D eigenvalue weighted by Crippen LogP contribution is -2.10. The molecule has 0 amide bonds. The first-order valence-electron chi connectivity index (χ1n) is 17.6. The van der Waals surface area contributed by atoms with Crippen LogP contribution in [0, 0.1) is 0 Å². The zero-order valence-electron chi connectivity index (χ0n) is 28.3. The van der Waals surface area contributed by atoms with Crippen molar-refractivity contribution >= 4 is 60.7 Å². The fourth-order valence-electron chi connectivity index (χ4n) is 7.59. The molecular formula is C49H32N2O. The molecule has 0 atom stereocenters. The minimum absolute atomic E-state index is 0.824. The van der Waals surface area contributed by atoms with Crippen molar-refractivity contribution in [2.75, 3.05) is 4.90 Å². The maximum Gasteiger partial charge on any atom is 0.137 e. The zero-order valence-corrected chi connectivity index (χ0v) is 28.3. The quantitative estimate of drug-likeness (QED) is 0.177. The van der Waals surface area contributed by atoms with Crippen molar-refractivity contribution in [1.82, 2.24) is 4.98 Å². The van der Waals surface area contributed by atoms with E-state index in [1.165, 1.54) is 27.5 Å². The van der Waals surface area contributed by atoms with Crippen molar-refractivity contribution in [3.8, 4) is 33.4 Å². The SMILES string of the molecule is c1ccc(-c2ccc(-c3cccc(N(c4cccc(-c5cccc6ccccc56)c4)c4cccc5oc6cc7ncccc7cc6c45)c3)cc2)cc1. The molecule has 0 N–H and O–H groups in total. The molecule has 0 saturated carbocycles. The highest BCUT2D eigenvalue weighted by Gasteiger charge is 2.21. The molecule has 8 aromatic carbocycles. The van der Waals surface area contributed by atoms with E-state index in [0.29, 0.717) is 0 Å². The largest absolute Gasteiger partial charge is 0.456 e. The predicted molar refractivity (Wildman–Crippen MR) is 218 cm³/mol. The maximum absolute atomic E-state index is 6.54. The lowest BCUT2D eigenvalue weighted by atomic mass is 9.97. The van der Waals surface area contributed by atoms with E-state index in [1.54, 1.807) is 0 Å². The number of furan rings is 1. The smallest absolute Gasteiger partial charge is 0.137 e. The van der Waals surface area contributed by atoms with Crippen LogP contribution in [-0.4, -0.2) is 4.98 Å². The van der Waals surface area contributed by atoms with Gasteiger partial charge in [0.25, 0.3) is 0 Å². The van der Waals surface area contributed by atoms with E-state index in [9.17, 15) is 0 Å². The van der Waals surface area contributed by atoms with Gasteiger partial charge in [0.1, 0.15) is 11.2 Å². The molecule has 0 saturated heterocycles. The molecule has 0 bridgehead atoms. The van der Waals surface area contributed by atoms with E-state index >= 15 is 0 Å². The fourth-order valence-corrected chi connectivity index (χ4v) is 7.59. The van der Waals surface area contributed by atoms with Crippen LogP contribution >= 0.6 is 0 Å². The Hall–Kier alpha value is -6.97. The second-order valence-corrected chi connectivity index (χ2v) is 13.2. The van der Waals surface area contributed by atoms with E-state index < -0.39 is 0 Å². The Balaban J connectivity index is 1.17. The van der Waals surface area contributed by atoms with E-state index in [0.717, 1.165) is 66.6 Å². The summed E-state index contributed by atoms with van der Waals surface area (Å²) in [4.78, 5) is 6.98. The van der Waals surface area contributed by atoms with Gasteiger partial charge in [-0.3, -0.25) is 4.98 Å². The number of fused-ring (bicyclic) bond motifs is 5. The Labute approximate surface area is 301 Å². The molecule has 2 aromatic heterocycles. The number of pyridine rings is 1. The van der Waals surface area contributed by atoms with Crippen LogP contribution in [-0.2, 0) is 0 Å². The molecule has 0 aliphatic rings. The van der Waals surface area contributed by atoms with E-state index in [1.807, 2.05) is 12.3 Å². The third-order valence-electron chi connectivity index (χ3n) is 10.1. The van der Waals surface area contributed by atoms with Gasteiger partial charge < -0.3 is 9.32 Å². The number of benzene rings is 8. The van der Waals surface area contributed by atoms with Crippen LogP contribution in [0.15, 0.2) is 199 Å². The molecular weight excluding hydrogens is 633 g/mol. The summed E-state index contributed by atoms with van der Waals surface area (Å²) in [7, 11) is 0. The molecule has 0 aliphatic heterocycles. The van der Waals surface area contributed by atoms with Crippen molar-refractivity contribution in [3.63, 3.8) is 0 Å². The van der Waals surface area contributed by atoms with Crippen molar-refractivity contribution < 1.29 is 4.42 Å². The highest BCUT2D eigenvalue weighted by Crippen LogP contribution is 2.45. The number of anilines is 3. The molecule has 0 aliphatic carbocycles. The molecule has 10 aromatic rings. The van der Waals surface area contributed by atoms with Gasteiger partial charge in [0.05, 0.1) is 16.6 Å². The van der Waals surface area contributed by atoms with Crippen molar-refractivity contribution in [2.24, 2.45) is 0 Å². The average molecular weight is 665 g/mol. The molecule has 244 valence electrons. The van der Waals surface area contributed by atoms with Gasteiger partial charge in [-0.15, -0.1) is 0 Å². The highest BCUT2D eigenvalue weighted by atomic mass is 16.3. The van der Waals surface area contributed by atoms with Crippen LogP contribution < -0.4 is 4.90 Å². The summed E-state index contributed by atoms with van der Waals surface area (Å²) in [5, 5.41) is 5.67. The van der Waals surface area contributed by atoms with Crippen molar-refractivity contribution in [3.05, 3.63) is 194 Å². The lowest BCUT2D eigenvalue weighted by Gasteiger charge is -2.27. The van der Waals surface area contributed by atoms with Crippen LogP contribution in [0.25, 0.3) is 77.0 Å². The highest BCUT2D eigenvalue weighted by molar-refractivity contribution is 6.16. The molecule has 0 unspecified atom stereocenters. The van der Waals surface area contributed by atoms with Gasteiger partial charge in [0.15, 0.2) is 0 Å². The van der Waals surface area contributed by atoms with Gasteiger partial charge in [-0.2, -0.15) is 0 Å². The molecule has 3 nitrogen and oxygen atoms in total. The fraction of sp³-hybridized carbons (Fsp3) is 0. The van der Waals surface area contributed by atoms with Gasteiger partial charge in [-0.25, -0.2) is 0 Å². The number of hydrogen-bond donors (Lipinski definition) is 0. The van der Waals surface area contributed by atoms with Gasteiger partial charge in [-0.1, -0.05) is 133 Å². The summed E-state index contributed by atoms with van der Waals surface area (Å²) >= 11 is 0. The monoisotopic (exact) mass is 664 g/mol. The normalized spacial score (nSPS) is 11.5. The molecule has 10 rings (SSSR count). The summed E-state index contributed by atoms with van der Waals surface area (Å²) in [6.07, 6.45) is 1.83. The number of aromatic nitrogens is 1. The lowest BCUT2D eigenvalue weighted by molar-refractivity contribution is 0.669. The predicted octanol–water partition coefficient (Wildman–Crippen LogP) is 13.8. The summed E-state index contributed by atoms with van der Waals surface area (Å²) in [6.45, 7) is 0. The van der Waals surface area contributed by atoms with Gasteiger partial charge >= 0.3 is 0 Å². The Bertz CT molecular complexity index is 2900. The third-order valence-corrected chi connectivity index (χ3v) is 10.1. The summed E-state index contributed by atoms with van der Waals surface area (Å²) in [6, 6.07) is 67.0. The zero-order chi connectivity index (χ0) is 34.4. The van der Waals surface area contributed by atoms with Crippen molar-refractivity contribution in [1.29, 1.82) is 0 Å². The minimum atomic E-state index is 0.824. The second-order valence-electron chi connectivity index (χ2n) is 13.2. The van der Waals surface area contributed by atoms with E-state index in [2.05, 4.69) is 192 Å². The molecule has 3 heteroatoms. The van der Waals surface area contributed by atoms with Crippen LogP contribution in [0.2, 0.25) is 0 Å². The first-order valence-corrected chi connectivity index (χ1v) is 17.6. The Morgan fingerprint density at radius 3 is 1.88 bits per heavy atom. The van der Waals surface area contributed by atoms with Crippen LogP contribution in [0.5, 0.6) is 0 Å². The van der Waals surface area contributed by atoms with Gasteiger partial charge in [0, 0.05) is 34.4 Å². The molecule has 2 heterocycles. The Morgan fingerprint density at radius 1 is 0.404 bits per heavy atom. The molecule has 0 radical (unpaired) electrons. The van der Waals surface area contributed by atoms with Gasteiger partial charge in [0.2, 0.25) is 0 Å². The van der Waals surface area contributed by atoms with Crippen LogP contribution in [0.1, 0.15) is 0 Å². The number of rotatable bonds is 6. The minimum Gasteiger partial charge on any atom is -0.456 e.